The smallest absolute Gasteiger partial charge is 0.266 e. The second kappa shape index (κ2) is 11.4. The van der Waals surface area contributed by atoms with Crippen molar-refractivity contribution in [1.29, 1.82) is 0 Å². The summed E-state index contributed by atoms with van der Waals surface area (Å²) in [4.78, 5) is 21.6. The molecule has 2 fully saturated rings. The molecule has 3 aromatic rings. The summed E-state index contributed by atoms with van der Waals surface area (Å²) in [6.07, 6.45) is 6.11. The standard InChI is InChI=1S/C28H29N3O4S3/c1-20-12-14-22(15-13-20)38(33,34)25-27(30-16-6-3-7-17-30)35-24(29-25)19-23-26(32)31(28(36)37-23)18-8-11-21-9-4-2-5-10-21/h2,4-5,9-10,12-15,19H,3,6-8,11,16-18H2,1H3. The monoisotopic (exact) mass is 567 g/mol. The number of anilines is 1. The Hall–Kier alpha value is -2.95. The maximum Gasteiger partial charge on any atom is 0.266 e. The molecule has 1 amide bonds. The van der Waals surface area contributed by atoms with Crippen molar-refractivity contribution in [3.63, 3.8) is 0 Å². The van der Waals surface area contributed by atoms with E-state index in [1.54, 1.807) is 29.2 Å². The number of benzene rings is 2. The molecular weight excluding hydrogens is 539 g/mol. The lowest BCUT2D eigenvalue weighted by atomic mass is 10.1. The van der Waals surface area contributed by atoms with Gasteiger partial charge in [0.15, 0.2) is 0 Å². The number of oxazole rings is 1. The number of hydrogen-bond donors (Lipinski definition) is 0. The minimum absolute atomic E-state index is 0.0843. The largest absolute Gasteiger partial charge is 0.420 e. The van der Waals surface area contributed by atoms with Crippen LogP contribution in [0.2, 0.25) is 0 Å². The fourth-order valence-corrected chi connectivity index (χ4v) is 7.17. The maximum atomic E-state index is 13.6. The first kappa shape index (κ1) is 26.6. The van der Waals surface area contributed by atoms with Crippen molar-refractivity contribution in [1.82, 2.24) is 9.88 Å². The van der Waals surface area contributed by atoms with Crippen LogP contribution in [0.1, 0.15) is 42.7 Å². The molecule has 0 atom stereocenters. The summed E-state index contributed by atoms with van der Waals surface area (Å²) < 4.78 is 33.7. The van der Waals surface area contributed by atoms with E-state index in [-0.39, 0.29) is 27.6 Å². The summed E-state index contributed by atoms with van der Waals surface area (Å²) in [6.45, 7) is 3.79. The number of aromatic nitrogens is 1. The molecule has 0 spiro atoms. The van der Waals surface area contributed by atoms with Crippen molar-refractivity contribution in [2.45, 2.75) is 48.9 Å². The van der Waals surface area contributed by atoms with Crippen molar-refractivity contribution in [3.05, 3.63) is 76.5 Å². The highest BCUT2D eigenvalue weighted by Gasteiger charge is 2.34. The molecule has 2 aliphatic rings. The summed E-state index contributed by atoms with van der Waals surface area (Å²) in [5, 5.41) is -0.118. The second-order valence-corrected chi connectivity index (χ2v) is 13.0. The SMILES string of the molecule is Cc1ccc(S(=O)(=O)c2nc(C=C3SC(=S)N(CCCc4ccccc4)C3=O)oc2N2CCCCC2)cc1. The van der Waals surface area contributed by atoms with E-state index in [0.717, 1.165) is 37.7 Å². The van der Waals surface area contributed by atoms with E-state index in [0.29, 0.717) is 28.9 Å². The molecule has 0 radical (unpaired) electrons. The van der Waals surface area contributed by atoms with Crippen LogP contribution < -0.4 is 4.90 Å². The molecule has 38 heavy (non-hydrogen) atoms. The topological polar surface area (TPSA) is 83.7 Å². The van der Waals surface area contributed by atoms with Crippen LogP contribution in [0.15, 0.2) is 73.8 Å². The number of piperidine rings is 1. The molecule has 0 aliphatic carbocycles. The first-order valence-electron chi connectivity index (χ1n) is 12.7. The van der Waals surface area contributed by atoms with E-state index >= 15 is 0 Å². The number of thiocarbonyl (C=S) groups is 1. The van der Waals surface area contributed by atoms with Crippen molar-refractivity contribution >= 4 is 56.0 Å². The lowest BCUT2D eigenvalue weighted by Gasteiger charge is -2.26. The third kappa shape index (κ3) is 5.72. The Bertz CT molecular complexity index is 1460. The summed E-state index contributed by atoms with van der Waals surface area (Å²) in [5.41, 5.74) is 2.17. The number of carbonyl (C=O) groups is 1. The van der Waals surface area contributed by atoms with Gasteiger partial charge < -0.3 is 9.32 Å². The highest BCUT2D eigenvalue weighted by molar-refractivity contribution is 8.26. The van der Waals surface area contributed by atoms with Gasteiger partial charge in [-0.3, -0.25) is 9.69 Å². The Labute approximate surface area is 232 Å². The summed E-state index contributed by atoms with van der Waals surface area (Å²) >= 11 is 6.66. The van der Waals surface area contributed by atoms with Gasteiger partial charge in [-0.2, -0.15) is 4.98 Å². The lowest BCUT2D eigenvalue weighted by molar-refractivity contribution is -0.122. The molecule has 7 nitrogen and oxygen atoms in total. The second-order valence-electron chi connectivity index (χ2n) is 9.45. The van der Waals surface area contributed by atoms with Crippen molar-refractivity contribution in [2.75, 3.05) is 24.5 Å². The van der Waals surface area contributed by atoms with E-state index in [1.165, 1.54) is 23.4 Å². The number of thioether (sulfide) groups is 1. The van der Waals surface area contributed by atoms with Gasteiger partial charge in [-0.05, 0) is 56.7 Å². The van der Waals surface area contributed by atoms with Crippen LogP contribution in [0.4, 0.5) is 5.88 Å². The van der Waals surface area contributed by atoms with Gasteiger partial charge in [0, 0.05) is 25.7 Å². The van der Waals surface area contributed by atoms with Crippen LogP contribution in [0.25, 0.3) is 6.08 Å². The lowest BCUT2D eigenvalue weighted by Crippen LogP contribution is -2.30. The summed E-state index contributed by atoms with van der Waals surface area (Å²) in [7, 11) is -3.93. The highest BCUT2D eigenvalue weighted by Crippen LogP contribution is 2.36. The average Bonchev–Trinajstić information content (AvgIpc) is 3.47. The van der Waals surface area contributed by atoms with Crippen LogP contribution in [0, 0.1) is 6.92 Å². The molecule has 2 aromatic carbocycles. The third-order valence-corrected chi connectivity index (χ3v) is 9.69. The fraction of sp³-hybridized carbons (Fsp3) is 0.321. The molecule has 198 valence electrons. The van der Waals surface area contributed by atoms with Crippen molar-refractivity contribution < 1.29 is 17.6 Å². The molecule has 5 rings (SSSR count). The van der Waals surface area contributed by atoms with Gasteiger partial charge >= 0.3 is 0 Å². The van der Waals surface area contributed by atoms with Gasteiger partial charge in [-0.25, -0.2) is 8.42 Å². The molecule has 0 unspecified atom stereocenters. The Morgan fingerprint density at radius 3 is 2.47 bits per heavy atom. The van der Waals surface area contributed by atoms with Crippen molar-refractivity contribution in [3.8, 4) is 0 Å². The number of sulfone groups is 1. The van der Waals surface area contributed by atoms with Crippen LogP contribution in [-0.2, 0) is 21.1 Å². The number of rotatable bonds is 8. The average molecular weight is 568 g/mol. The Balaban J connectivity index is 1.40. The van der Waals surface area contributed by atoms with Crippen LogP contribution in [-0.4, -0.2) is 48.2 Å². The van der Waals surface area contributed by atoms with Gasteiger partial charge in [-0.15, -0.1) is 0 Å². The molecule has 10 heteroatoms. The molecule has 0 bridgehead atoms. The van der Waals surface area contributed by atoms with Gasteiger partial charge in [-0.1, -0.05) is 72.0 Å². The third-order valence-electron chi connectivity index (χ3n) is 6.64. The quantitative estimate of drug-likeness (QED) is 0.255. The highest BCUT2D eigenvalue weighted by atomic mass is 32.2. The minimum Gasteiger partial charge on any atom is -0.420 e. The zero-order chi connectivity index (χ0) is 26.7. The molecule has 3 heterocycles. The Kier molecular flexibility index (Phi) is 8.01. The zero-order valence-corrected chi connectivity index (χ0v) is 23.6. The van der Waals surface area contributed by atoms with Crippen molar-refractivity contribution in [2.24, 2.45) is 0 Å². The van der Waals surface area contributed by atoms with Crippen LogP contribution >= 0.6 is 24.0 Å². The molecule has 0 N–H and O–H groups in total. The Morgan fingerprint density at radius 2 is 1.76 bits per heavy atom. The molecule has 2 aliphatic heterocycles. The number of aryl methyl sites for hydroxylation is 2. The number of nitrogens with zero attached hydrogens (tertiary/aromatic N) is 3. The van der Waals surface area contributed by atoms with E-state index in [1.807, 2.05) is 30.0 Å². The maximum absolute atomic E-state index is 13.6. The van der Waals surface area contributed by atoms with E-state index in [9.17, 15) is 13.2 Å². The first-order chi connectivity index (χ1) is 18.3. The number of carbonyl (C=O) groups excluding carboxylic acids is 1. The van der Waals surface area contributed by atoms with Gasteiger partial charge in [0.25, 0.3) is 5.91 Å². The first-order valence-corrected chi connectivity index (χ1v) is 15.4. The van der Waals surface area contributed by atoms with E-state index < -0.39 is 9.84 Å². The predicted molar refractivity (Wildman–Crippen MR) is 154 cm³/mol. The van der Waals surface area contributed by atoms with Gasteiger partial charge in [0.2, 0.25) is 26.6 Å². The minimum atomic E-state index is -3.93. The van der Waals surface area contributed by atoms with Gasteiger partial charge in [0.1, 0.15) is 4.32 Å². The molecule has 1 aromatic heterocycles. The van der Waals surface area contributed by atoms with Gasteiger partial charge in [0.05, 0.1) is 9.80 Å². The molecule has 0 saturated carbocycles. The van der Waals surface area contributed by atoms with Crippen LogP contribution in [0.5, 0.6) is 0 Å². The molecule has 2 saturated heterocycles. The number of amides is 1. The Morgan fingerprint density at radius 1 is 1.05 bits per heavy atom. The zero-order valence-electron chi connectivity index (χ0n) is 21.1. The summed E-state index contributed by atoms with van der Waals surface area (Å²) in [6, 6.07) is 16.8. The normalized spacial score (nSPS) is 17.6. The number of hydrogen-bond acceptors (Lipinski definition) is 8. The molecular formula is C28H29N3O4S3. The van der Waals surface area contributed by atoms with E-state index in [4.69, 9.17) is 16.6 Å². The summed E-state index contributed by atoms with van der Waals surface area (Å²) in [5.74, 6) is 0.102. The predicted octanol–water partition coefficient (Wildman–Crippen LogP) is 5.64. The fourth-order valence-electron chi connectivity index (χ4n) is 4.57. The van der Waals surface area contributed by atoms with E-state index in [2.05, 4.69) is 17.1 Å². The van der Waals surface area contributed by atoms with Crippen LogP contribution in [0.3, 0.4) is 0 Å².